The molecule has 4 heterocycles. The average Bonchev–Trinajstić information content (AvgIpc) is 3.28. The van der Waals surface area contributed by atoms with Gasteiger partial charge in [-0.1, -0.05) is 17.4 Å². The molecule has 3 aromatic heterocycles. The predicted molar refractivity (Wildman–Crippen MR) is 122 cm³/mol. The summed E-state index contributed by atoms with van der Waals surface area (Å²) in [7, 11) is 0. The molecule has 0 unspecified atom stereocenters. The van der Waals surface area contributed by atoms with Crippen LogP contribution in [0.3, 0.4) is 0 Å². The first kappa shape index (κ1) is 23.7. The summed E-state index contributed by atoms with van der Waals surface area (Å²) in [6.07, 6.45) is 0.517. The molecule has 1 aliphatic rings. The molecule has 0 atom stereocenters. The van der Waals surface area contributed by atoms with Crippen LogP contribution in [-0.2, 0) is 4.79 Å². The molecule has 1 saturated heterocycles. The van der Waals surface area contributed by atoms with Crippen LogP contribution in [0.5, 0.6) is 5.75 Å². The number of carbonyl (C=O) groups is 1. The van der Waals surface area contributed by atoms with Crippen molar-refractivity contribution in [3.05, 3.63) is 42.7 Å². The van der Waals surface area contributed by atoms with E-state index in [2.05, 4.69) is 25.2 Å². The van der Waals surface area contributed by atoms with E-state index in [1.807, 2.05) is 12.1 Å². The second kappa shape index (κ2) is 10.2. The van der Waals surface area contributed by atoms with Gasteiger partial charge in [0.25, 0.3) is 0 Å². The highest BCUT2D eigenvalue weighted by Crippen LogP contribution is 2.33. The van der Waals surface area contributed by atoms with Gasteiger partial charge in [0.1, 0.15) is 17.4 Å². The van der Waals surface area contributed by atoms with Gasteiger partial charge in [0.05, 0.1) is 10.6 Å². The number of halogens is 3. The highest BCUT2D eigenvalue weighted by Gasteiger charge is 2.28. The number of hydrogen-bond donors (Lipinski definition) is 2. The third kappa shape index (κ3) is 6.56. The Morgan fingerprint density at radius 1 is 1.21 bits per heavy atom. The largest absolute Gasteiger partial charge is 0.484 e. The van der Waals surface area contributed by atoms with E-state index in [4.69, 9.17) is 9.84 Å². The molecule has 12 heteroatoms. The van der Waals surface area contributed by atoms with E-state index >= 15 is 0 Å². The molecule has 2 N–H and O–H groups in total. The molecular formula is C22H22F3N5O3S. The minimum absolute atomic E-state index is 0.0465. The summed E-state index contributed by atoms with van der Waals surface area (Å²) < 4.78 is 41.9. The van der Waals surface area contributed by atoms with Gasteiger partial charge in [-0.05, 0) is 37.0 Å². The van der Waals surface area contributed by atoms with Crippen molar-refractivity contribution >= 4 is 34.1 Å². The van der Waals surface area contributed by atoms with Crippen LogP contribution >= 0.6 is 11.3 Å². The van der Waals surface area contributed by atoms with E-state index in [9.17, 15) is 18.0 Å². The summed E-state index contributed by atoms with van der Waals surface area (Å²) in [6, 6.07) is 8.11. The number of nitrogens with zero attached hydrogens (tertiary/aromatic N) is 4. The molecule has 180 valence electrons. The van der Waals surface area contributed by atoms with Gasteiger partial charge in [-0.3, -0.25) is 4.79 Å². The molecule has 3 aromatic rings. The quantitative estimate of drug-likeness (QED) is 0.453. The molecule has 0 saturated carbocycles. The van der Waals surface area contributed by atoms with Crippen molar-refractivity contribution in [3.63, 3.8) is 0 Å². The van der Waals surface area contributed by atoms with Crippen molar-refractivity contribution in [1.29, 1.82) is 0 Å². The first-order valence-electron chi connectivity index (χ1n) is 10.6. The van der Waals surface area contributed by atoms with Crippen molar-refractivity contribution in [3.8, 4) is 16.3 Å². The molecule has 4 rings (SSSR count). The van der Waals surface area contributed by atoms with Crippen molar-refractivity contribution < 1.29 is 27.8 Å². The molecule has 0 aliphatic carbocycles. The fourth-order valence-corrected chi connectivity index (χ4v) is 4.55. The Morgan fingerprint density at radius 3 is 2.74 bits per heavy atom. The van der Waals surface area contributed by atoms with Crippen LogP contribution in [0, 0.1) is 5.92 Å². The molecule has 34 heavy (non-hydrogen) atoms. The van der Waals surface area contributed by atoms with Crippen LogP contribution in [0.2, 0.25) is 0 Å². The molecule has 8 nitrogen and oxygen atoms in total. The maximum Gasteiger partial charge on any atom is 0.422 e. The lowest BCUT2D eigenvalue weighted by Gasteiger charge is -2.30. The van der Waals surface area contributed by atoms with Crippen molar-refractivity contribution in [2.75, 3.05) is 29.9 Å². The predicted octanol–water partition coefficient (Wildman–Crippen LogP) is 4.98. The Bertz CT molecular complexity index is 1130. The minimum atomic E-state index is -4.42. The Balaban J connectivity index is 1.40. The average molecular weight is 494 g/mol. The highest BCUT2D eigenvalue weighted by molar-refractivity contribution is 7.18. The molecule has 1 aliphatic heterocycles. The number of alkyl halides is 3. The normalized spacial score (nSPS) is 14.7. The fraction of sp³-hybridized carbons (Fsp3) is 0.364. The van der Waals surface area contributed by atoms with Crippen LogP contribution in [0.25, 0.3) is 10.6 Å². The summed E-state index contributed by atoms with van der Waals surface area (Å²) in [4.78, 5) is 27.1. The zero-order valence-electron chi connectivity index (χ0n) is 18.0. The number of thiazole rings is 1. The Hall–Kier alpha value is -3.41. The van der Waals surface area contributed by atoms with Crippen LogP contribution in [0.1, 0.15) is 19.3 Å². The lowest BCUT2D eigenvalue weighted by atomic mass is 9.94. The molecule has 0 spiro atoms. The molecule has 0 radical (unpaired) electrons. The van der Waals surface area contributed by atoms with E-state index in [0.717, 1.165) is 35.9 Å². The van der Waals surface area contributed by atoms with E-state index in [0.29, 0.717) is 17.3 Å². The number of pyridine rings is 2. The number of anilines is 3. The first-order valence-corrected chi connectivity index (χ1v) is 11.4. The topological polar surface area (TPSA) is 100 Å². The van der Waals surface area contributed by atoms with Gasteiger partial charge in [0.15, 0.2) is 11.7 Å². The highest BCUT2D eigenvalue weighted by atomic mass is 32.1. The summed E-state index contributed by atoms with van der Waals surface area (Å²) in [5.41, 5.74) is 0.694. The van der Waals surface area contributed by atoms with Gasteiger partial charge < -0.3 is 20.1 Å². The number of ether oxygens (including phenoxy) is 1. The van der Waals surface area contributed by atoms with Gasteiger partial charge in [-0.15, -0.1) is 0 Å². The van der Waals surface area contributed by atoms with Gasteiger partial charge in [0, 0.05) is 38.0 Å². The zero-order chi connectivity index (χ0) is 24.1. The maximum atomic E-state index is 12.4. The van der Waals surface area contributed by atoms with Gasteiger partial charge >= 0.3 is 12.1 Å². The monoisotopic (exact) mass is 493 g/mol. The van der Waals surface area contributed by atoms with E-state index in [-0.39, 0.29) is 18.1 Å². The lowest BCUT2D eigenvalue weighted by Crippen LogP contribution is -2.34. The SMILES string of the molecule is O=C(O)CC1CCN(c2ncc(-c3cccc(Nc4cc(OCC(F)(F)F)ccn4)n3)s2)CC1. The Morgan fingerprint density at radius 2 is 2.00 bits per heavy atom. The minimum Gasteiger partial charge on any atom is -0.484 e. The number of aromatic nitrogens is 3. The number of nitrogens with one attached hydrogen (secondary N) is 1. The molecule has 0 bridgehead atoms. The number of aliphatic carboxylic acids is 1. The first-order chi connectivity index (χ1) is 16.2. The fourth-order valence-electron chi connectivity index (χ4n) is 3.61. The second-order valence-corrected chi connectivity index (χ2v) is 8.86. The number of carboxylic acids is 1. The summed E-state index contributed by atoms with van der Waals surface area (Å²) in [5.74, 6) is 0.264. The zero-order valence-corrected chi connectivity index (χ0v) is 18.8. The van der Waals surface area contributed by atoms with E-state index in [1.165, 1.54) is 29.7 Å². The summed E-state index contributed by atoms with van der Waals surface area (Å²) in [6.45, 7) is 0.145. The smallest absolute Gasteiger partial charge is 0.422 e. The van der Waals surface area contributed by atoms with Crippen molar-refractivity contribution in [2.45, 2.75) is 25.4 Å². The third-order valence-corrected chi connectivity index (χ3v) is 6.31. The maximum absolute atomic E-state index is 12.4. The van der Waals surface area contributed by atoms with Gasteiger partial charge in [0.2, 0.25) is 0 Å². The van der Waals surface area contributed by atoms with Crippen LogP contribution in [0.4, 0.5) is 29.9 Å². The molecule has 0 amide bonds. The molecule has 1 fully saturated rings. The lowest BCUT2D eigenvalue weighted by molar-refractivity contribution is -0.153. The van der Waals surface area contributed by atoms with Gasteiger partial charge in [-0.25, -0.2) is 15.0 Å². The summed E-state index contributed by atoms with van der Waals surface area (Å²) >= 11 is 1.50. The Kier molecular flexibility index (Phi) is 7.15. The molecule has 0 aromatic carbocycles. The van der Waals surface area contributed by atoms with Gasteiger partial charge in [-0.2, -0.15) is 13.2 Å². The third-order valence-electron chi connectivity index (χ3n) is 5.23. The summed E-state index contributed by atoms with van der Waals surface area (Å²) in [5, 5.41) is 12.8. The number of rotatable bonds is 8. The van der Waals surface area contributed by atoms with Crippen LogP contribution in [0.15, 0.2) is 42.7 Å². The number of hydrogen-bond acceptors (Lipinski definition) is 8. The van der Waals surface area contributed by atoms with E-state index in [1.54, 1.807) is 12.3 Å². The number of carboxylic acid groups (broad SMARTS) is 1. The van der Waals surface area contributed by atoms with Crippen LogP contribution < -0.4 is 15.0 Å². The van der Waals surface area contributed by atoms with E-state index < -0.39 is 18.8 Å². The standard InChI is InChI=1S/C22H22F3N5O3S/c23-22(24,25)13-33-15-4-7-26-19(11-15)29-18-3-1-2-16(28-18)17-12-27-21(34-17)30-8-5-14(6-9-30)10-20(31)32/h1-4,7,11-12,14H,5-6,8-10,13H2,(H,31,32)(H,26,28,29). The van der Waals surface area contributed by atoms with Crippen molar-refractivity contribution in [2.24, 2.45) is 5.92 Å². The van der Waals surface area contributed by atoms with Crippen molar-refractivity contribution in [1.82, 2.24) is 15.0 Å². The second-order valence-electron chi connectivity index (χ2n) is 7.85. The molecular weight excluding hydrogens is 471 g/mol. The van der Waals surface area contributed by atoms with Crippen LogP contribution in [-0.4, -0.2) is 51.9 Å². The Labute approximate surface area is 197 Å². The number of piperidine rings is 1.